The molecule has 2 fully saturated rings. The van der Waals surface area contributed by atoms with Gasteiger partial charge in [0.2, 0.25) is 11.8 Å². The number of ether oxygens (including phenoxy) is 3. The molecule has 38 heavy (non-hydrogen) atoms. The Morgan fingerprint density at radius 1 is 0.947 bits per heavy atom. The lowest BCUT2D eigenvalue weighted by molar-refractivity contribution is -0.129. The predicted molar refractivity (Wildman–Crippen MR) is 147 cm³/mol. The van der Waals surface area contributed by atoms with Crippen LogP contribution in [0.3, 0.4) is 0 Å². The predicted octanol–water partition coefficient (Wildman–Crippen LogP) is 2.95. The van der Waals surface area contributed by atoms with Crippen LogP contribution in [-0.4, -0.2) is 89.3 Å². The van der Waals surface area contributed by atoms with Crippen LogP contribution < -0.4 is 24.4 Å². The van der Waals surface area contributed by atoms with E-state index >= 15 is 0 Å². The SMILES string of the molecule is COc1ccc(N2C(=O)CC[C@@H](C(=O)NCCCN3CCN(C)CC3)[C@@H]2c2ccc(OC)c(OC)c2)cc1. The minimum Gasteiger partial charge on any atom is -0.497 e. The van der Waals surface area contributed by atoms with Crippen molar-refractivity contribution in [2.45, 2.75) is 25.3 Å². The molecular formula is C29H40N4O5. The Morgan fingerprint density at radius 2 is 1.66 bits per heavy atom. The van der Waals surface area contributed by atoms with Crippen LogP contribution in [0, 0.1) is 5.92 Å². The molecule has 2 saturated heterocycles. The fourth-order valence-corrected chi connectivity index (χ4v) is 5.35. The molecule has 0 unspecified atom stereocenters. The molecule has 2 aliphatic rings. The zero-order chi connectivity index (χ0) is 27.1. The van der Waals surface area contributed by atoms with Gasteiger partial charge in [0.05, 0.1) is 33.3 Å². The highest BCUT2D eigenvalue weighted by Crippen LogP contribution is 2.42. The molecule has 2 aliphatic heterocycles. The maximum absolute atomic E-state index is 13.6. The number of nitrogens with zero attached hydrogens (tertiary/aromatic N) is 3. The first-order valence-electron chi connectivity index (χ1n) is 13.3. The maximum atomic E-state index is 13.6. The quantitative estimate of drug-likeness (QED) is 0.479. The number of nitrogens with one attached hydrogen (secondary N) is 1. The number of hydrogen-bond donors (Lipinski definition) is 1. The van der Waals surface area contributed by atoms with Gasteiger partial charge < -0.3 is 34.2 Å². The number of amides is 2. The van der Waals surface area contributed by atoms with Gasteiger partial charge in [0, 0.05) is 44.8 Å². The summed E-state index contributed by atoms with van der Waals surface area (Å²) in [5, 5.41) is 3.17. The van der Waals surface area contributed by atoms with Crippen molar-refractivity contribution in [1.82, 2.24) is 15.1 Å². The van der Waals surface area contributed by atoms with Crippen molar-refractivity contribution in [3.8, 4) is 17.2 Å². The first kappa shape index (κ1) is 27.7. The summed E-state index contributed by atoms with van der Waals surface area (Å²) < 4.78 is 16.3. The van der Waals surface area contributed by atoms with Gasteiger partial charge in [0.15, 0.2) is 11.5 Å². The van der Waals surface area contributed by atoms with E-state index in [1.807, 2.05) is 42.5 Å². The molecule has 2 heterocycles. The largest absolute Gasteiger partial charge is 0.497 e. The summed E-state index contributed by atoms with van der Waals surface area (Å²) in [6, 6.07) is 12.5. The Morgan fingerprint density at radius 3 is 2.32 bits per heavy atom. The van der Waals surface area contributed by atoms with Crippen molar-refractivity contribution in [3.05, 3.63) is 48.0 Å². The van der Waals surface area contributed by atoms with E-state index in [2.05, 4.69) is 22.2 Å². The average Bonchev–Trinajstić information content (AvgIpc) is 2.95. The lowest BCUT2D eigenvalue weighted by Crippen LogP contribution is -2.49. The van der Waals surface area contributed by atoms with Crippen molar-refractivity contribution in [3.63, 3.8) is 0 Å². The minimum atomic E-state index is -0.484. The van der Waals surface area contributed by atoms with Gasteiger partial charge in [0.25, 0.3) is 0 Å². The zero-order valence-electron chi connectivity index (χ0n) is 22.9. The molecule has 0 aliphatic carbocycles. The number of methoxy groups -OCH3 is 3. The number of likely N-dealkylation sites (N-methyl/N-ethyl adjacent to an activating group) is 1. The van der Waals surface area contributed by atoms with Gasteiger partial charge in [-0.2, -0.15) is 0 Å². The third kappa shape index (κ3) is 6.39. The molecule has 0 bridgehead atoms. The summed E-state index contributed by atoms with van der Waals surface area (Å²) in [6.45, 7) is 5.86. The number of anilines is 1. The van der Waals surface area contributed by atoms with Crippen LogP contribution in [0.5, 0.6) is 17.2 Å². The van der Waals surface area contributed by atoms with Gasteiger partial charge in [-0.3, -0.25) is 9.59 Å². The van der Waals surface area contributed by atoms with Crippen LogP contribution in [0.1, 0.15) is 30.9 Å². The highest BCUT2D eigenvalue weighted by atomic mass is 16.5. The summed E-state index contributed by atoms with van der Waals surface area (Å²) in [5.74, 6) is 1.40. The topological polar surface area (TPSA) is 83.6 Å². The van der Waals surface area contributed by atoms with Crippen LogP contribution in [-0.2, 0) is 9.59 Å². The lowest BCUT2D eigenvalue weighted by Gasteiger charge is -2.41. The third-order valence-corrected chi connectivity index (χ3v) is 7.58. The summed E-state index contributed by atoms with van der Waals surface area (Å²) in [5.41, 5.74) is 1.55. The van der Waals surface area contributed by atoms with Crippen LogP contribution >= 0.6 is 0 Å². The van der Waals surface area contributed by atoms with Gasteiger partial charge in [-0.25, -0.2) is 0 Å². The van der Waals surface area contributed by atoms with E-state index in [0.29, 0.717) is 36.6 Å². The molecule has 2 aromatic rings. The van der Waals surface area contributed by atoms with E-state index < -0.39 is 12.0 Å². The van der Waals surface area contributed by atoms with E-state index in [1.54, 1.807) is 26.2 Å². The average molecular weight is 525 g/mol. The molecule has 206 valence electrons. The number of carbonyl (C=O) groups excluding carboxylic acids is 2. The number of piperazine rings is 1. The minimum absolute atomic E-state index is 0.0194. The van der Waals surface area contributed by atoms with Gasteiger partial charge >= 0.3 is 0 Å². The van der Waals surface area contributed by atoms with E-state index in [0.717, 1.165) is 50.4 Å². The summed E-state index contributed by atoms with van der Waals surface area (Å²) in [7, 11) is 6.93. The van der Waals surface area contributed by atoms with E-state index in [4.69, 9.17) is 14.2 Å². The highest BCUT2D eigenvalue weighted by molar-refractivity contribution is 5.97. The molecule has 0 spiro atoms. The van der Waals surface area contributed by atoms with Crippen molar-refractivity contribution in [2.24, 2.45) is 5.92 Å². The number of piperidine rings is 1. The van der Waals surface area contributed by atoms with Crippen molar-refractivity contribution < 1.29 is 23.8 Å². The standard InChI is InChI=1S/C29H40N4O5/c1-31-16-18-32(19-17-31)15-5-14-30-29(35)24-11-13-27(34)33(22-7-9-23(36-2)10-8-22)28(24)21-6-12-25(37-3)26(20-21)38-4/h6-10,12,20,24,28H,5,11,13-19H2,1-4H3,(H,30,35)/t24-,28+/m1/s1. The van der Waals surface area contributed by atoms with Gasteiger partial charge in [-0.15, -0.1) is 0 Å². The van der Waals surface area contributed by atoms with Crippen LogP contribution in [0.2, 0.25) is 0 Å². The second-order valence-electron chi connectivity index (χ2n) is 9.96. The monoisotopic (exact) mass is 524 g/mol. The number of hydrogen-bond acceptors (Lipinski definition) is 7. The fourth-order valence-electron chi connectivity index (χ4n) is 5.35. The second-order valence-corrected chi connectivity index (χ2v) is 9.96. The smallest absolute Gasteiger partial charge is 0.227 e. The number of benzene rings is 2. The molecular weight excluding hydrogens is 484 g/mol. The van der Waals surface area contributed by atoms with Crippen LogP contribution in [0.4, 0.5) is 5.69 Å². The van der Waals surface area contributed by atoms with Crippen molar-refractivity contribution >= 4 is 17.5 Å². The number of carbonyl (C=O) groups is 2. The molecule has 0 saturated carbocycles. The Kier molecular flexibility index (Phi) is 9.47. The van der Waals surface area contributed by atoms with Crippen molar-refractivity contribution in [1.29, 1.82) is 0 Å². The maximum Gasteiger partial charge on any atom is 0.227 e. The molecule has 9 heteroatoms. The van der Waals surface area contributed by atoms with Gasteiger partial charge in [-0.05, 0) is 68.4 Å². The number of rotatable bonds is 10. The summed E-state index contributed by atoms with van der Waals surface area (Å²) in [6.07, 6.45) is 1.67. The lowest BCUT2D eigenvalue weighted by atomic mass is 9.83. The molecule has 0 radical (unpaired) electrons. The molecule has 4 rings (SSSR count). The summed E-state index contributed by atoms with van der Waals surface area (Å²) >= 11 is 0. The highest BCUT2D eigenvalue weighted by Gasteiger charge is 2.41. The van der Waals surface area contributed by atoms with Crippen LogP contribution in [0.25, 0.3) is 0 Å². The Hall–Kier alpha value is -3.30. The Bertz CT molecular complexity index is 1080. The Labute approximate surface area is 225 Å². The summed E-state index contributed by atoms with van der Waals surface area (Å²) in [4.78, 5) is 33.5. The van der Waals surface area contributed by atoms with E-state index in [-0.39, 0.29) is 11.8 Å². The third-order valence-electron chi connectivity index (χ3n) is 7.58. The zero-order valence-corrected chi connectivity index (χ0v) is 22.9. The van der Waals surface area contributed by atoms with E-state index in [1.165, 1.54) is 0 Å². The molecule has 9 nitrogen and oxygen atoms in total. The van der Waals surface area contributed by atoms with Crippen LogP contribution in [0.15, 0.2) is 42.5 Å². The van der Waals surface area contributed by atoms with E-state index in [9.17, 15) is 9.59 Å². The molecule has 2 amide bonds. The molecule has 0 aromatic heterocycles. The fraction of sp³-hybridized carbons (Fsp3) is 0.517. The Balaban J connectivity index is 1.55. The molecule has 2 aromatic carbocycles. The molecule has 1 N–H and O–H groups in total. The normalized spacial score (nSPS) is 20.7. The molecule has 2 atom stereocenters. The van der Waals surface area contributed by atoms with Gasteiger partial charge in [-0.1, -0.05) is 6.07 Å². The van der Waals surface area contributed by atoms with Gasteiger partial charge in [0.1, 0.15) is 5.75 Å². The first-order valence-corrected chi connectivity index (χ1v) is 13.3. The van der Waals surface area contributed by atoms with Crippen molar-refractivity contribution in [2.75, 3.05) is 72.5 Å². The first-order chi connectivity index (χ1) is 18.4. The second kappa shape index (κ2) is 13.0.